The maximum atomic E-state index is 13.0. The van der Waals surface area contributed by atoms with E-state index in [9.17, 15) is 9.59 Å². The third-order valence-electron chi connectivity index (χ3n) is 4.33. The average molecular weight is 322 g/mol. The summed E-state index contributed by atoms with van der Waals surface area (Å²) >= 11 is 0. The summed E-state index contributed by atoms with van der Waals surface area (Å²) in [6.45, 7) is 3.53. The minimum Gasteiger partial charge on any atom is -0.337 e. The number of rotatable bonds is 3. The van der Waals surface area contributed by atoms with Crippen molar-refractivity contribution in [3.63, 3.8) is 0 Å². The smallest absolute Gasteiger partial charge is 0.270 e. The maximum absolute atomic E-state index is 13.0. The molecular weight excluding hydrogens is 300 g/mol. The second-order valence-corrected chi connectivity index (χ2v) is 6.20. The zero-order valence-electron chi connectivity index (χ0n) is 13.9. The first-order valence-electron chi connectivity index (χ1n) is 8.41. The van der Waals surface area contributed by atoms with Crippen LogP contribution in [0.25, 0.3) is 11.8 Å². The third kappa shape index (κ3) is 3.65. The maximum Gasteiger partial charge on any atom is 0.270 e. The van der Waals surface area contributed by atoms with Crippen LogP contribution in [-0.4, -0.2) is 28.5 Å². The number of piperidine rings is 1. The number of carbonyl (C=O) groups is 1. The van der Waals surface area contributed by atoms with Crippen molar-refractivity contribution >= 4 is 17.7 Å². The molecule has 2 aromatic rings. The van der Waals surface area contributed by atoms with Crippen LogP contribution in [0.1, 0.15) is 30.4 Å². The lowest BCUT2D eigenvalue weighted by Crippen LogP contribution is -2.38. The molecule has 0 saturated carbocycles. The van der Waals surface area contributed by atoms with Gasteiger partial charge in [-0.25, -0.2) is 0 Å². The van der Waals surface area contributed by atoms with Gasteiger partial charge in [0.1, 0.15) is 5.70 Å². The van der Waals surface area contributed by atoms with Crippen LogP contribution >= 0.6 is 0 Å². The van der Waals surface area contributed by atoms with E-state index in [1.54, 1.807) is 24.4 Å². The molecule has 0 atom stereocenters. The number of benzene rings is 1. The molecule has 1 aromatic carbocycles. The summed E-state index contributed by atoms with van der Waals surface area (Å²) in [6.07, 6.45) is 6.66. The van der Waals surface area contributed by atoms with E-state index >= 15 is 0 Å². The molecule has 1 amide bonds. The summed E-state index contributed by atoms with van der Waals surface area (Å²) in [7, 11) is 0. The Bertz CT molecular complexity index is 797. The number of likely N-dealkylation sites (tertiary alicyclic amines) is 1. The zero-order chi connectivity index (χ0) is 16.9. The van der Waals surface area contributed by atoms with Crippen molar-refractivity contribution < 1.29 is 4.79 Å². The normalized spacial score (nSPS) is 15.4. The van der Waals surface area contributed by atoms with Crippen molar-refractivity contribution in [1.82, 2.24) is 9.47 Å². The number of pyridine rings is 1. The number of hydrogen-bond acceptors (Lipinski definition) is 2. The SMILES string of the molecule is Cc1ccc(C=C(C(=O)N2CCCCC2)n2ccccc2=O)cc1. The number of amides is 1. The Kier molecular flexibility index (Phi) is 4.94. The van der Waals surface area contributed by atoms with E-state index in [-0.39, 0.29) is 11.5 Å². The van der Waals surface area contributed by atoms with E-state index in [2.05, 4.69) is 0 Å². The summed E-state index contributed by atoms with van der Waals surface area (Å²) in [5, 5.41) is 0. The Morgan fingerprint density at radius 1 is 1.00 bits per heavy atom. The lowest BCUT2D eigenvalue weighted by molar-refractivity contribution is -0.126. The largest absolute Gasteiger partial charge is 0.337 e. The van der Waals surface area contributed by atoms with Crippen molar-refractivity contribution in [2.45, 2.75) is 26.2 Å². The predicted octanol–water partition coefficient (Wildman–Crippen LogP) is 3.17. The third-order valence-corrected chi connectivity index (χ3v) is 4.33. The predicted molar refractivity (Wildman–Crippen MR) is 96.5 cm³/mol. The summed E-state index contributed by atoms with van der Waals surface area (Å²) in [5.41, 5.74) is 2.29. The molecule has 3 rings (SSSR count). The molecule has 1 aliphatic heterocycles. The highest BCUT2D eigenvalue weighted by atomic mass is 16.2. The second kappa shape index (κ2) is 7.30. The van der Waals surface area contributed by atoms with Gasteiger partial charge in [-0.05, 0) is 43.9 Å². The summed E-state index contributed by atoms with van der Waals surface area (Å²) < 4.78 is 1.44. The highest BCUT2D eigenvalue weighted by molar-refractivity contribution is 6.18. The lowest BCUT2D eigenvalue weighted by Gasteiger charge is -2.28. The van der Waals surface area contributed by atoms with Gasteiger partial charge in [-0.3, -0.25) is 14.2 Å². The van der Waals surface area contributed by atoms with Crippen LogP contribution in [0.5, 0.6) is 0 Å². The van der Waals surface area contributed by atoms with E-state index in [4.69, 9.17) is 0 Å². The molecule has 0 spiro atoms. The van der Waals surface area contributed by atoms with Crippen molar-refractivity contribution in [3.05, 3.63) is 70.1 Å². The van der Waals surface area contributed by atoms with Crippen molar-refractivity contribution in [2.24, 2.45) is 0 Å². The fourth-order valence-corrected chi connectivity index (χ4v) is 2.94. The van der Waals surface area contributed by atoms with Gasteiger partial charge in [-0.2, -0.15) is 0 Å². The summed E-state index contributed by atoms with van der Waals surface area (Å²) in [4.78, 5) is 27.1. The van der Waals surface area contributed by atoms with E-state index < -0.39 is 0 Å². The van der Waals surface area contributed by atoms with Gasteiger partial charge in [-0.1, -0.05) is 35.9 Å². The Labute approximate surface area is 142 Å². The zero-order valence-corrected chi connectivity index (χ0v) is 13.9. The highest BCUT2D eigenvalue weighted by Gasteiger charge is 2.22. The van der Waals surface area contributed by atoms with Crippen LogP contribution in [0.4, 0.5) is 0 Å². The number of aryl methyl sites for hydroxylation is 1. The standard InChI is InChI=1S/C20H22N2O2/c1-16-8-10-17(11-9-16)15-18(22-14-6-3-7-19(22)23)20(24)21-12-4-2-5-13-21/h3,6-11,14-15H,2,4-5,12-13H2,1H3. The highest BCUT2D eigenvalue weighted by Crippen LogP contribution is 2.17. The molecule has 1 saturated heterocycles. The van der Waals surface area contributed by atoms with Crippen LogP contribution in [0.3, 0.4) is 0 Å². The second-order valence-electron chi connectivity index (χ2n) is 6.20. The van der Waals surface area contributed by atoms with Crippen LogP contribution in [0.2, 0.25) is 0 Å². The van der Waals surface area contributed by atoms with Crippen LogP contribution in [-0.2, 0) is 4.79 Å². The molecule has 1 aliphatic rings. The van der Waals surface area contributed by atoms with Gasteiger partial charge in [-0.15, -0.1) is 0 Å². The number of aromatic nitrogens is 1. The minimum atomic E-state index is -0.193. The van der Waals surface area contributed by atoms with Gasteiger partial charge in [0.15, 0.2) is 0 Å². The first kappa shape index (κ1) is 16.2. The Balaban J connectivity index is 2.03. The molecular formula is C20H22N2O2. The molecule has 24 heavy (non-hydrogen) atoms. The topological polar surface area (TPSA) is 42.3 Å². The molecule has 124 valence electrons. The summed E-state index contributed by atoms with van der Waals surface area (Å²) in [5.74, 6) is -0.0800. The van der Waals surface area contributed by atoms with Gasteiger partial charge >= 0.3 is 0 Å². The number of hydrogen-bond donors (Lipinski definition) is 0. The Morgan fingerprint density at radius 3 is 2.38 bits per heavy atom. The summed E-state index contributed by atoms with van der Waals surface area (Å²) in [6, 6.07) is 12.9. The fraction of sp³-hybridized carbons (Fsp3) is 0.300. The van der Waals surface area contributed by atoms with Crippen molar-refractivity contribution in [1.29, 1.82) is 0 Å². The number of nitrogens with zero attached hydrogens (tertiary/aromatic N) is 2. The Morgan fingerprint density at radius 2 is 1.71 bits per heavy atom. The van der Waals surface area contributed by atoms with Gasteiger partial charge in [0.25, 0.3) is 11.5 Å². The van der Waals surface area contributed by atoms with Crippen LogP contribution in [0.15, 0.2) is 53.5 Å². The first-order chi connectivity index (χ1) is 11.6. The van der Waals surface area contributed by atoms with E-state index in [0.717, 1.165) is 43.5 Å². The minimum absolute atomic E-state index is 0.0800. The Hall–Kier alpha value is -2.62. The monoisotopic (exact) mass is 322 g/mol. The molecule has 4 heteroatoms. The molecule has 0 N–H and O–H groups in total. The quantitative estimate of drug-likeness (QED) is 0.815. The average Bonchev–Trinajstić information content (AvgIpc) is 2.62. The molecule has 1 fully saturated rings. The fourth-order valence-electron chi connectivity index (χ4n) is 2.94. The molecule has 0 unspecified atom stereocenters. The molecule has 2 heterocycles. The van der Waals surface area contributed by atoms with Gasteiger partial charge in [0.2, 0.25) is 0 Å². The van der Waals surface area contributed by atoms with Crippen LogP contribution in [0, 0.1) is 6.92 Å². The molecule has 1 aromatic heterocycles. The van der Waals surface area contributed by atoms with Crippen molar-refractivity contribution in [2.75, 3.05) is 13.1 Å². The molecule has 0 bridgehead atoms. The molecule has 0 radical (unpaired) electrons. The van der Waals surface area contributed by atoms with Gasteiger partial charge < -0.3 is 4.90 Å². The van der Waals surface area contributed by atoms with Crippen molar-refractivity contribution in [3.8, 4) is 0 Å². The van der Waals surface area contributed by atoms with Gasteiger partial charge in [0, 0.05) is 25.4 Å². The molecule has 4 nitrogen and oxygen atoms in total. The van der Waals surface area contributed by atoms with Gasteiger partial charge in [0.05, 0.1) is 0 Å². The van der Waals surface area contributed by atoms with E-state index in [1.165, 1.54) is 10.6 Å². The number of carbonyl (C=O) groups excluding carboxylic acids is 1. The van der Waals surface area contributed by atoms with E-state index in [1.807, 2.05) is 36.1 Å². The van der Waals surface area contributed by atoms with Crippen LogP contribution < -0.4 is 5.56 Å². The molecule has 0 aliphatic carbocycles. The lowest BCUT2D eigenvalue weighted by atomic mass is 10.1. The van der Waals surface area contributed by atoms with E-state index in [0.29, 0.717) is 5.70 Å². The first-order valence-corrected chi connectivity index (χ1v) is 8.41.